The second kappa shape index (κ2) is 8.88. The third-order valence-corrected chi connectivity index (χ3v) is 4.36. The lowest BCUT2D eigenvalue weighted by atomic mass is 10.1. The summed E-state index contributed by atoms with van der Waals surface area (Å²) in [5.41, 5.74) is -0.437. The molecular formula is C22H16N2O8. The Balaban J connectivity index is 1.74. The minimum atomic E-state index is -1.38. The molecule has 3 aromatic rings. The Hall–Kier alpha value is -4.86. The van der Waals surface area contributed by atoms with Gasteiger partial charge in [0, 0.05) is 11.4 Å². The van der Waals surface area contributed by atoms with Crippen molar-refractivity contribution < 1.29 is 39.6 Å². The predicted octanol–water partition coefficient (Wildman–Crippen LogP) is 3.00. The molecule has 10 heteroatoms. The molecule has 0 fully saturated rings. The van der Waals surface area contributed by atoms with Gasteiger partial charge in [-0.25, -0.2) is 9.59 Å². The third-order valence-electron chi connectivity index (χ3n) is 4.36. The van der Waals surface area contributed by atoms with Gasteiger partial charge in [-0.2, -0.15) is 0 Å². The maximum Gasteiger partial charge on any atom is 0.336 e. The van der Waals surface area contributed by atoms with E-state index in [4.69, 9.17) is 0 Å². The van der Waals surface area contributed by atoms with Gasteiger partial charge in [0.25, 0.3) is 11.8 Å². The number of phenolic OH excluding ortho intramolecular Hbond substituents is 2. The summed E-state index contributed by atoms with van der Waals surface area (Å²) in [5, 5.41) is 42.3. The molecule has 162 valence electrons. The van der Waals surface area contributed by atoms with Crippen LogP contribution in [-0.2, 0) is 0 Å². The van der Waals surface area contributed by atoms with Crippen molar-refractivity contribution in [3.05, 3.63) is 82.9 Å². The Morgan fingerprint density at radius 2 is 0.875 bits per heavy atom. The smallest absolute Gasteiger partial charge is 0.336 e. The highest BCUT2D eigenvalue weighted by atomic mass is 16.4. The van der Waals surface area contributed by atoms with E-state index in [9.17, 15) is 39.6 Å². The maximum absolute atomic E-state index is 12.4. The van der Waals surface area contributed by atoms with E-state index in [0.29, 0.717) is 11.4 Å². The molecule has 0 unspecified atom stereocenters. The molecule has 0 atom stereocenters. The SMILES string of the molecule is O=C(O)c1cc(O)ccc1C(=O)Nc1ccc(NC(=O)c2ccc(O)cc2C(=O)O)cc1. The van der Waals surface area contributed by atoms with Crippen LogP contribution in [0, 0.1) is 0 Å². The predicted molar refractivity (Wildman–Crippen MR) is 112 cm³/mol. The van der Waals surface area contributed by atoms with E-state index in [1.807, 2.05) is 0 Å². The van der Waals surface area contributed by atoms with Gasteiger partial charge in [-0.05, 0) is 60.7 Å². The Bertz CT molecular complexity index is 1140. The van der Waals surface area contributed by atoms with E-state index in [1.165, 1.54) is 48.5 Å². The summed E-state index contributed by atoms with van der Waals surface area (Å²) >= 11 is 0. The molecule has 0 radical (unpaired) electrons. The number of aromatic hydroxyl groups is 2. The van der Waals surface area contributed by atoms with Crippen molar-refractivity contribution in [3.8, 4) is 11.5 Å². The van der Waals surface area contributed by atoms with Crippen LogP contribution in [0.1, 0.15) is 41.4 Å². The van der Waals surface area contributed by atoms with Gasteiger partial charge in [0.05, 0.1) is 22.3 Å². The first kappa shape index (κ1) is 21.8. The molecular weight excluding hydrogens is 420 g/mol. The van der Waals surface area contributed by atoms with Crippen LogP contribution in [0.15, 0.2) is 60.7 Å². The molecule has 0 aliphatic heterocycles. The van der Waals surface area contributed by atoms with Gasteiger partial charge in [-0.3, -0.25) is 9.59 Å². The second-order valence-corrected chi connectivity index (χ2v) is 6.56. The van der Waals surface area contributed by atoms with Crippen molar-refractivity contribution in [2.24, 2.45) is 0 Å². The van der Waals surface area contributed by atoms with Crippen LogP contribution in [0.25, 0.3) is 0 Å². The molecule has 3 rings (SSSR count). The van der Waals surface area contributed by atoms with Crippen LogP contribution in [0.2, 0.25) is 0 Å². The van der Waals surface area contributed by atoms with Gasteiger partial charge in [-0.1, -0.05) is 0 Å². The second-order valence-electron chi connectivity index (χ2n) is 6.56. The maximum atomic E-state index is 12.4. The highest BCUT2D eigenvalue weighted by Gasteiger charge is 2.19. The number of hydrogen-bond acceptors (Lipinski definition) is 6. The summed E-state index contributed by atoms with van der Waals surface area (Å²) in [4.78, 5) is 47.4. The minimum Gasteiger partial charge on any atom is -0.508 e. The van der Waals surface area contributed by atoms with Crippen molar-refractivity contribution in [1.82, 2.24) is 0 Å². The summed E-state index contributed by atoms with van der Waals surface area (Å²) in [6.45, 7) is 0. The summed E-state index contributed by atoms with van der Waals surface area (Å²) < 4.78 is 0. The fourth-order valence-corrected chi connectivity index (χ4v) is 2.85. The molecule has 0 saturated heterocycles. The number of carboxylic acids is 2. The van der Waals surface area contributed by atoms with E-state index in [2.05, 4.69) is 10.6 Å². The fraction of sp³-hybridized carbons (Fsp3) is 0. The number of carboxylic acid groups (broad SMARTS) is 2. The van der Waals surface area contributed by atoms with E-state index >= 15 is 0 Å². The van der Waals surface area contributed by atoms with Crippen LogP contribution < -0.4 is 10.6 Å². The number of nitrogens with one attached hydrogen (secondary N) is 2. The normalized spacial score (nSPS) is 10.2. The molecule has 32 heavy (non-hydrogen) atoms. The van der Waals surface area contributed by atoms with Crippen LogP contribution >= 0.6 is 0 Å². The third kappa shape index (κ3) is 4.82. The van der Waals surface area contributed by atoms with E-state index in [1.54, 1.807) is 0 Å². The zero-order valence-electron chi connectivity index (χ0n) is 16.2. The van der Waals surface area contributed by atoms with Crippen molar-refractivity contribution in [2.45, 2.75) is 0 Å². The van der Waals surface area contributed by atoms with Gasteiger partial charge in [0.15, 0.2) is 0 Å². The highest BCUT2D eigenvalue weighted by Crippen LogP contribution is 2.21. The number of benzene rings is 3. The van der Waals surface area contributed by atoms with Gasteiger partial charge >= 0.3 is 11.9 Å². The van der Waals surface area contributed by atoms with Gasteiger partial charge in [0.2, 0.25) is 0 Å². The Kier molecular flexibility index (Phi) is 6.06. The quantitative estimate of drug-likeness (QED) is 0.342. The first-order valence-electron chi connectivity index (χ1n) is 9.01. The zero-order chi connectivity index (χ0) is 23.4. The number of anilines is 2. The fourth-order valence-electron chi connectivity index (χ4n) is 2.85. The topological polar surface area (TPSA) is 173 Å². The van der Waals surface area contributed by atoms with Crippen molar-refractivity contribution in [1.29, 1.82) is 0 Å². The van der Waals surface area contributed by atoms with Gasteiger partial charge in [-0.15, -0.1) is 0 Å². The lowest BCUT2D eigenvalue weighted by Gasteiger charge is -2.11. The molecule has 0 aliphatic carbocycles. The number of carbonyl (C=O) groups is 4. The number of aromatic carboxylic acids is 2. The summed E-state index contributed by atoms with van der Waals surface area (Å²) in [7, 11) is 0. The molecule has 0 heterocycles. The number of phenols is 2. The lowest BCUT2D eigenvalue weighted by Crippen LogP contribution is -2.17. The summed E-state index contributed by atoms with van der Waals surface area (Å²) in [6.07, 6.45) is 0. The highest BCUT2D eigenvalue weighted by molar-refractivity contribution is 6.12. The summed E-state index contributed by atoms with van der Waals surface area (Å²) in [5.74, 6) is -4.76. The Morgan fingerprint density at radius 3 is 1.19 bits per heavy atom. The van der Waals surface area contributed by atoms with Crippen LogP contribution in [0.4, 0.5) is 11.4 Å². The zero-order valence-corrected chi connectivity index (χ0v) is 16.2. The molecule has 0 aliphatic rings. The van der Waals surface area contributed by atoms with Crippen LogP contribution in [0.3, 0.4) is 0 Å². The minimum absolute atomic E-state index is 0.152. The van der Waals surface area contributed by atoms with E-state index in [0.717, 1.165) is 12.1 Å². The number of hydrogen-bond donors (Lipinski definition) is 6. The Morgan fingerprint density at radius 1 is 0.531 bits per heavy atom. The molecule has 0 bridgehead atoms. The number of carbonyl (C=O) groups excluding carboxylic acids is 2. The molecule has 0 spiro atoms. The molecule has 2 amide bonds. The number of rotatable bonds is 6. The van der Waals surface area contributed by atoms with Crippen LogP contribution in [0.5, 0.6) is 11.5 Å². The largest absolute Gasteiger partial charge is 0.508 e. The van der Waals surface area contributed by atoms with E-state index < -0.39 is 23.8 Å². The average molecular weight is 436 g/mol. The van der Waals surface area contributed by atoms with Crippen molar-refractivity contribution in [3.63, 3.8) is 0 Å². The standard InChI is InChI=1S/C22H16N2O8/c25-13-5-7-15(17(9-13)21(29)30)19(27)23-11-1-2-12(4-3-11)24-20(28)16-8-6-14(26)10-18(16)22(31)32/h1-10,25-26H,(H,23,27)(H,24,28)(H,29,30)(H,31,32). The first-order valence-corrected chi connectivity index (χ1v) is 9.01. The Labute approximate surface area is 180 Å². The molecule has 6 N–H and O–H groups in total. The lowest BCUT2D eigenvalue weighted by molar-refractivity contribution is 0.0683. The molecule has 3 aromatic carbocycles. The van der Waals surface area contributed by atoms with Crippen molar-refractivity contribution >= 4 is 35.1 Å². The van der Waals surface area contributed by atoms with Crippen LogP contribution in [-0.4, -0.2) is 44.2 Å². The monoisotopic (exact) mass is 436 g/mol. The number of amides is 2. The van der Waals surface area contributed by atoms with Crippen molar-refractivity contribution in [2.75, 3.05) is 10.6 Å². The average Bonchev–Trinajstić information content (AvgIpc) is 2.74. The first-order chi connectivity index (χ1) is 15.2. The molecule has 0 aromatic heterocycles. The molecule has 10 nitrogen and oxygen atoms in total. The van der Waals surface area contributed by atoms with E-state index in [-0.39, 0.29) is 33.8 Å². The van der Waals surface area contributed by atoms with Gasteiger partial charge < -0.3 is 31.1 Å². The van der Waals surface area contributed by atoms with Gasteiger partial charge in [0.1, 0.15) is 11.5 Å². The molecule has 0 saturated carbocycles. The summed E-state index contributed by atoms with van der Waals surface area (Å²) in [6, 6.07) is 12.5.